The molecule has 2 amide bonds. The van der Waals surface area contributed by atoms with E-state index in [2.05, 4.69) is 20.8 Å². The summed E-state index contributed by atoms with van der Waals surface area (Å²) in [5, 5.41) is 27.3. The third kappa shape index (κ3) is 5.62. The molecule has 5 aromatic rings. The topological polar surface area (TPSA) is 196 Å². The average Bonchev–Trinajstić information content (AvgIpc) is 3.70. The van der Waals surface area contributed by atoms with Crippen molar-refractivity contribution in [2.24, 2.45) is 5.14 Å². The van der Waals surface area contributed by atoms with Gasteiger partial charge in [0.25, 0.3) is 10.0 Å². The lowest BCUT2D eigenvalue weighted by Gasteiger charge is -2.19. The number of rotatable bonds is 8. The highest BCUT2D eigenvalue weighted by Gasteiger charge is 2.31. The van der Waals surface area contributed by atoms with Gasteiger partial charge in [0.1, 0.15) is 12.6 Å². The summed E-state index contributed by atoms with van der Waals surface area (Å²) in [6.07, 6.45) is -0.854. The number of nitrogens with one attached hydrogen (secondary N) is 2. The zero-order valence-electron chi connectivity index (χ0n) is 22.7. The number of carbonyl (C=O) groups is 3. The SMILES string of the molecule is NS(=O)(=O)c1nnc(NC(=O)C(Cc2cn(C(=O)O)c3ccccc23)NC(=O)OCC2c3ccccc3-c3ccccc32)s1. The van der Waals surface area contributed by atoms with Crippen LogP contribution in [0.3, 0.4) is 0 Å². The number of hydrogen-bond donors (Lipinski definition) is 4. The van der Waals surface area contributed by atoms with Crippen molar-refractivity contribution in [3.63, 3.8) is 0 Å². The average molecular weight is 633 g/mol. The van der Waals surface area contributed by atoms with Crippen molar-refractivity contribution in [2.75, 3.05) is 11.9 Å². The first-order valence-corrected chi connectivity index (χ1v) is 15.6. The van der Waals surface area contributed by atoms with Crippen LogP contribution in [0.5, 0.6) is 0 Å². The van der Waals surface area contributed by atoms with E-state index >= 15 is 0 Å². The minimum Gasteiger partial charge on any atom is -0.464 e. The molecule has 2 heterocycles. The third-order valence-electron chi connectivity index (χ3n) is 7.26. The molecule has 0 saturated carbocycles. The van der Waals surface area contributed by atoms with Crippen molar-refractivity contribution >= 4 is 55.5 Å². The molecule has 15 heteroatoms. The molecule has 1 unspecified atom stereocenters. The van der Waals surface area contributed by atoms with E-state index in [1.807, 2.05) is 48.5 Å². The largest absolute Gasteiger partial charge is 0.464 e. The van der Waals surface area contributed by atoms with Gasteiger partial charge in [-0.15, -0.1) is 10.2 Å². The van der Waals surface area contributed by atoms with Crippen molar-refractivity contribution < 1.29 is 32.6 Å². The Morgan fingerprint density at radius 2 is 1.61 bits per heavy atom. The summed E-state index contributed by atoms with van der Waals surface area (Å²) in [7, 11) is -4.15. The Hall–Kier alpha value is -5.12. The number of carboxylic acid groups (broad SMARTS) is 1. The van der Waals surface area contributed by atoms with Crippen LogP contribution in [0.1, 0.15) is 22.6 Å². The van der Waals surface area contributed by atoms with Crippen LogP contribution in [0.4, 0.5) is 14.7 Å². The fourth-order valence-electron chi connectivity index (χ4n) is 5.35. The first-order chi connectivity index (χ1) is 21.1. The number of alkyl carbamates (subject to hydrolysis) is 1. The van der Waals surface area contributed by atoms with E-state index in [1.165, 1.54) is 6.20 Å². The number of fused-ring (bicyclic) bond motifs is 4. The molecule has 0 saturated heterocycles. The van der Waals surface area contributed by atoms with E-state index in [9.17, 15) is 27.9 Å². The van der Waals surface area contributed by atoms with E-state index in [4.69, 9.17) is 9.88 Å². The van der Waals surface area contributed by atoms with Crippen LogP contribution in [0.25, 0.3) is 22.0 Å². The van der Waals surface area contributed by atoms with Gasteiger partial charge in [-0.1, -0.05) is 78.1 Å². The molecule has 0 spiro atoms. The summed E-state index contributed by atoms with van der Waals surface area (Å²) in [4.78, 5) is 38.4. The molecule has 0 bridgehead atoms. The molecule has 44 heavy (non-hydrogen) atoms. The molecule has 3 aromatic carbocycles. The fourth-order valence-corrected chi connectivity index (χ4v) is 6.69. The Kier molecular flexibility index (Phi) is 7.59. The van der Waals surface area contributed by atoms with E-state index in [0.29, 0.717) is 27.8 Å². The van der Waals surface area contributed by atoms with Crippen LogP contribution in [0.15, 0.2) is 83.3 Å². The monoisotopic (exact) mass is 632 g/mol. The predicted molar refractivity (Wildman–Crippen MR) is 161 cm³/mol. The summed E-state index contributed by atoms with van der Waals surface area (Å²) in [6.45, 7) is 0.000635. The van der Waals surface area contributed by atoms with Crippen LogP contribution in [0.2, 0.25) is 0 Å². The van der Waals surface area contributed by atoms with Gasteiger partial charge in [0.15, 0.2) is 0 Å². The molecule has 1 aliphatic carbocycles. The number of nitrogens with two attached hydrogens (primary N) is 1. The third-order valence-corrected chi connectivity index (χ3v) is 9.41. The lowest BCUT2D eigenvalue weighted by atomic mass is 9.98. The molecule has 0 radical (unpaired) electrons. The van der Waals surface area contributed by atoms with E-state index in [-0.39, 0.29) is 24.1 Å². The van der Waals surface area contributed by atoms with Crippen molar-refractivity contribution in [1.29, 1.82) is 0 Å². The van der Waals surface area contributed by atoms with Gasteiger partial charge in [0.2, 0.25) is 15.4 Å². The lowest BCUT2D eigenvalue weighted by Crippen LogP contribution is -2.45. The number of hydrogen-bond acceptors (Lipinski definition) is 9. The number of anilines is 1. The Morgan fingerprint density at radius 1 is 0.977 bits per heavy atom. The second-order valence-electron chi connectivity index (χ2n) is 9.96. The summed E-state index contributed by atoms with van der Waals surface area (Å²) in [5.74, 6) is -0.977. The number of sulfonamides is 1. The summed E-state index contributed by atoms with van der Waals surface area (Å²) < 4.78 is 29.4. The maximum Gasteiger partial charge on any atom is 0.416 e. The van der Waals surface area contributed by atoms with Crippen molar-refractivity contribution in [2.45, 2.75) is 22.7 Å². The first kappa shape index (κ1) is 29.0. The minimum absolute atomic E-state index is 0.000635. The molecular weight excluding hydrogens is 608 g/mol. The Bertz CT molecular complexity index is 1990. The van der Waals surface area contributed by atoms with Crippen molar-refractivity contribution in [1.82, 2.24) is 20.1 Å². The fraction of sp³-hybridized carbons (Fsp3) is 0.138. The molecule has 0 aliphatic heterocycles. The summed E-state index contributed by atoms with van der Waals surface area (Å²) >= 11 is 0.542. The molecular formula is C29H24N6O7S2. The van der Waals surface area contributed by atoms with Crippen LogP contribution in [-0.2, 0) is 26.0 Å². The lowest BCUT2D eigenvalue weighted by molar-refractivity contribution is -0.118. The van der Waals surface area contributed by atoms with Crippen molar-refractivity contribution in [3.05, 3.63) is 95.7 Å². The number of benzene rings is 3. The molecule has 224 valence electrons. The highest BCUT2D eigenvalue weighted by Crippen LogP contribution is 2.44. The van der Waals surface area contributed by atoms with Gasteiger partial charge in [-0.25, -0.2) is 23.1 Å². The van der Waals surface area contributed by atoms with E-state index in [0.717, 1.165) is 26.8 Å². The molecule has 6 rings (SSSR count). The highest BCUT2D eigenvalue weighted by atomic mass is 32.2. The van der Waals surface area contributed by atoms with Crippen LogP contribution in [-0.4, -0.2) is 59.0 Å². The standard InChI is InChI=1S/C29H24N6O7S2/c30-44(40,41)28-34-33-26(43-28)32-25(36)23(13-16-14-35(29(38)39)24-12-6-5-7-17(16)24)31-27(37)42-15-22-20-10-3-1-8-18(20)19-9-2-4-11-21(19)22/h1-12,14,22-23H,13,15H2,(H,31,37)(H,38,39)(H2,30,40,41)(H,32,33,36). The first-order valence-electron chi connectivity index (χ1n) is 13.2. The number of para-hydroxylation sites is 1. The molecule has 1 atom stereocenters. The smallest absolute Gasteiger partial charge is 0.416 e. The normalized spacial score (nSPS) is 13.2. The molecule has 2 aromatic heterocycles. The number of nitrogens with zero attached hydrogens (tertiary/aromatic N) is 3. The number of ether oxygens (including phenoxy) is 1. The Balaban J connectivity index is 1.24. The quantitative estimate of drug-likeness (QED) is 0.184. The Labute approximate surface area is 254 Å². The molecule has 1 aliphatic rings. The van der Waals surface area contributed by atoms with Gasteiger partial charge in [0.05, 0.1) is 5.52 Å². The van der Waals surface area contributed by atoms with Crippen LogP contribution >= 0.6 is 11.3 Å². The maximum atomic E-state index is 13.4. The van der Waals surface area contributed by atoms with Gasteiger partial charge in [-0.2, -0.15) is 0 Å². The van der Waals surface area contributed by atoms with Gasteiger partial charge in [-0.3, -0.25) is 14.7 Å². The highest BCUT2D eigenvalue weighted by molar-refractivity contribution is 7.91. The zero-order valence-corrected chi connectivity index (χ0v) is 24.3. The summed E-state index contributed by atoms with van der Waals surface area (Å²) in [5.41, 5.74) is 5.00. The molecule has 0 fully saturated rings. The molecule has 5 N–H and O–H groups in total. The predicted octanol–water partition coefficient (Wildman–Crippen LogP) is 3.75. The number of amides is 2. The van der Waals surface area contributed by atoms with Gasteiger partial charge < -0.3 is 15.2 Å². The van der Waals surface area contributed by atoms with Gasteiger partial charge >= 0.3 is 12.2 Å². The molecule has 13 nitrogen and oxygen atoms in total. The van der Waals surface area contributed by atoms with Crippen LogP contribution in [0, 0.1) is 0 Å². The van der Waals surface area contributed by atoms with E-state index < -0.39 is 38.5 Å². The second-order valence-corrected chi connectivity index (χ2v) is 12.7. The maximum absolute atomic E-state index is 13.4. The number of aromatic nitrogens is 3. The summed E-state index contributed by atoms with van der Waals surface area (Å²) in [6, 6.07) is 21.2. The van der Waals surface area contributed by atoms with E-state index in [1.54, 1.807) is 24.3 Å². The zero-order chi connectivity index (χ0) is 31.0. The number of carbonyl (C=O) groups excluding carboxylic acids is 2. The Morgan fingerprint density at radius 3 is 2.25 bits per heavy atom. The van der Waals surface area contributed by atoms with Gasteiger partial charge in [0, 0.05) is 23.9 Å². The van der Waals surface area contributed by atoms with Crippen LogP contribution < -0.4 is 15.8 Å². The second kappa shape index (κ2) is 11.5. The van der Waals surface area contributed by atoms with Crippen molar-refractivity contribution in [3.8, 4) is 11.1 Å². The number of primary sulfonamides is 1. The van der Waals surface area contributed by atoms with Gasteiger partial charge in [-0.05, 0) is 33.9 Å². The minimum atomic E-state index is -4.15.